The molecule has 2 heterocycles. The van der Waals surface area contributed by atoms with Gasteiger partial charge in [0.2, 0.25) is 11.8 Å². The predicted octanol–water partition coefficient (Wildman–Crippen LogP) is 0.189. The molecule has 7 heteroatoms. The summed E-state index contributed by atoms with van der Waals surface area (Å²) in [5.41, 5.74) is 0. The quantitative estimate of drug-likeness (QED) is 0.775. The zero-order valence-corrected chi connectivity index (χ0v) is 8.87. The van der Waals surface area contributed by atoms with Crippen LogP contribution in [0.4, 0.5) is 5.95 Å². The molecule has 0 unspecified atom stereocenters. The molecular weight excluding hydrogens is 208 g/mol. The van der Waals surface area contributed by atoms with Crippen molar-refractivity contribution in [2.75, 3.05) is 19.0 Å². The van der Waals surface area contributed by atoms with E-state index in [1.807, 2.05) is 0 Å². The first-order valence-corrected chi connectivity index (χ1v) is 4.83. The Labute approximate surface area is 92.5 Å². The summed E-state index contributed by atoms with van der Waals surface area (Å²) in [6, 6.07) is 1.70. The average molecular weight is 220 g/mol. The number of methoxy groups -OCH3 is 1. The molecule has 2 rings (SSSR count). The molecule has 0 radical (unpaired) electrons. The van der Waals surface area contributed by atoms with Gasteiger partial charge in [0.1, 0.15) is 0 Å². The van der Waals surface area contributed by atoms with E-state index in [1.165, 1.54) is 0 Å². The van der Waals surface area contributed by atoms with Crippen molar-refractivity contribution in [3.63, 3.8) is 0 Å². The third-order valence-corrected chi connectivity index (χ3v) is 1.94. The van der Waals surface area contributed by atoms with E-state index in [1.54, 1.807) is 36.4 Å². The first-order chi connectivity index (χ1) is 7.88. The highest BCUT2D eigenvalue weighted by Crippen LogP contribution is 2.06. The van der Waals surface area contributed by atoms with Crippen molar-refractivity contribution in [3.05, 3.63) is 24.7 Å². The average Bonchev–Trinajstić information content (AvgIpc) is 2.82. The summed E-state index contributed by atoms with van der Waals surface area (Å²) in [4.78, 5) is 8.18. The van der Waals surface area contributed by atoms with Crippen LogP contribution in [0.3, 0.4) is 0 Å². The van der Waals surface area contributed by atoms with Crippen molar-refractivity contribution in [2.24, 2.45) is 0 Å². The van der Waals surface area contributed by atoms with E-state index in [0.717, 1.165) is 0 Å². The van der Waals surface area contributed by atoms with Crippen LogP contribution >= 0.6 is 0 Å². The van der Waals surface area contributed by atoms with E-state index in [-0.39, 0.29) is 0 Å². The monoisotopic (exact) mass is 220 g/mol. The second kappa shape index (κ2) is 5.06. The molecule has 0 saturated heterocycles. The van der Waals surface area contributed by atoms with Crippen LogP contribution in [-0.4, -0.2) is 38.6 Å². The highest BCUT2D eigenvalue weighted by atomic mass is 16.5. The molecule has 0 saturated carbocycles. The minimum absolute atomic E-state index is 0.540. The Kier molecular flexibility index (Phi) is 3.27. The lowest BCUT2D eigenvalue weighted by Gasteiger charge is -2.05. The Hall–Kier alpha value is -2.18. The van der Waals surface area contributed by atoms with Gasteiger partial charge < -0.3 is 10.1 Å². The fraction of sp³-hybridized carbons (Fsp3) is 0.333. The summed E-state index contributed by atoms with van der Waals surface area (Å²) in [5, 5.41) is 10.6. The Bertz CT molecular complexity index is 429. The molecule has 0 aliphatic rings. The zero-order chi connectivity index (χ0) is 11.2. The van der Waals surface area contributed by atoms with Crippen LogP contribution in [0.25, 0.3) is 0 Å². The number of hydrogen-bond donors (Lipinski definition) is 1. The molecule has 0 fully saturated rings. The lowest BCUT2D eigenvalue weighted by Crippen LogP contribution is -2.12. The normalized spacial score (nSPS) is 10.1. The van der Waals surface area contributed by atoms with Gasteiger partial charge in [0.05, 0.1) is 19.9 Å². The third kappa shape index (κ3) is 2.66. The van der Waals surface area contributed by atoms with Crippen LogP contribution in [0.1, 0.15) is 0 Å². The minimum Gasteiger partial charge on any atom is -0.481 e. The van der Waals surface area contributed by atoms with Gasteiger partial charge in [0.15, 0.2) is 0 Å². The smallest absolute Gasteiger partial charge is 0.226 e. The molecule has 7 nitrogen and oxygen atoms in total. The summed E-state index contributed by atoms with van der Waals surface area (Å²) in [7, 11) is 1.57. The van der Waals surface area contributed by atoms with Crippen LogP contribution < -0.4 is 10.1 Å². The predicted molar refractivity (Wildman–Crippen MR) is 57.1 cm³/mol. The number of hydrogen-bond acceptors (Lipinski definition) is 6. The molecule has 1 N–H and O–H groups in total. The van der Waals surface area contributed by atoms with E-state index < -0.39 is 0 Å². The number of anilines is 1. The molecule has 0 bridgehead atoms. The summed E-state index contributed by atoms with van der Waals surface area (Å²) in [6.07, 6.45) is 5.08. The number of rotatable bonds is 5. The molecule has 0 spiro atoms. The van der Waals surface area contributed by atoms with Gasteiger partial charge in [-0.15, -0.1) is 5.10 Å². The van der Waals surface area contributed by atoms with E-state index in [2.05, 4.69) is 25.6 Å². The van der Waals surface area contributed by atoms with Gasteiger partial charge in [-0.1, -0.05) is 5.21 Å². The van der Waals surface area contributed by atoms with Crippen LogP contribution in [0.15, 0.2) is 24.7 Å². The summed E-state index contributed by atoms with van der Waals surface area (Å²) in [5.74, 6) is 1.08. The maximum Gasteiger partial charge on any atom is 0.226 e. The molecule has 0 aromatic carbocycles. The second-order valence-corrected chi connectivity index (χ2v) is 3.02. The van der Waals surface area contributed by atoms with Gasteiger partial charge in [-0.3, -0.25) is 4.68 Å². The third-order valence-electron chi connectivity index (χ3n) is 1.94. The van der Waals surface area contributed by atoms with Crippen LogP contribution in [0.2, 0.25) is 0 Å². The Morgan fingerprint density at radius 2 is 2.38 bits per heavy atom. The summed E-state index contributed by atoms with van der Waals surface area (Å²) < 4.78 is 6.72. The van der Waals surface area contributed by atoms with Crippen LogP contribution in [0, 0.1) is 0 Å². The van der Waals surface area contributed by atoms with Crippen molar-refractivity contribution >= 4 is 5.95 Å². The Balaban J connectivity index is 1.85. The van der Waals surface area contributed by atoms with Crippen LogP contribution in [0.5, 0.6) is 5.88 Å². The molecular formula is C9H12N6O. The number of nitrogens with zero attached hydrogens (tertiary/aromatic N) is 5. The fourth-order valence-corrected chi connectivity index (χ4v) is 1.18. The SMILES string of the molecule is COc1ccnc(NCCn2ccnn2)n1. The maximum absolute atomic E-state index is 4.99. The molecule has 0 amide bonds. The maximum atomic E-state index is 4.99. The van der Waals surface area contributed by atoms with Gasteiger partial charge in [-0.2, -0.15) is 4.98 Å². The molecule has 16 heavy (non-hydrogen) atoms. The van der Waals surface area contributed by atoms with Crippen molar-refractivity contribution in [1.29, 1.82) is 0 Å². The topological polar surface area (TPSA) is 77.8 Å². The van der Waals surface area contributed by atoms with Crippen molar-refractivity contribution < 1.29 is 4.74 Å². The summed E-state index contributed by atoms with van der Waals surface area (Å²) >= 11 is 0. The van der Waals surface area contributed by atoms with E-state index >= 15 is 0 Å². The van der Waals surface area contributed by atoms with E-state index in [4.69, 9.17) is 4.74 Å². The standard InChI is InChI=1S/C9H12N6O/c1-16-8-2-3-10-9(13-8)11-4-6-15-7-5-12-14-15/h2-3,5,7H,4,6H2,1H3,(H,10,11,13). The molecule has 2 aromatic rings. The molecule has 0 aliphatic carbocycles. The zero-order valence-electron chi connectivity index (χ0n) is 8.87. The van der Waals surface area contributed by atoms with E-state index in [9.17, 15) is 0 Å². The first kappa shape index (κ1) is 10.3. The molecule has 2 aromatic heterocycles. The van der Waals surface area contributed by atoms with Crippen LogP contribution in [-0.2, 0) is 6.54 Å². The highest BCUT2D eigenvalue weighted by Gasteiger charge is 1.98. The molecule has 0 aliphatic heterocycles. The van der Waals surface area contributed by atoms with Gasteiger partial charge in [-0.05, 0) is 0 Å². The van der Waals surface area contributed by atoms with Gasteiger partial charge in [0, 0.05) is 25.0 Å². The Morgan fingerprint density at radius 3 is 3.12 bits per heavy atom. The number of nitrogens with one attached hydrogen (secondary N) is 1. The fourth-order valence-electron chi connectivity index (χ4n) is 1.18. The Morgan fingerprint density at radius 1 is 1.44 bits per heavy atom. The van der Waals surface area contributed by atoms with Gasteiger partial charge >= 0.3 is 0 Å². The number of aromatic nitrogens is 5. The van der Waals surface area contributed by atoms with E-state index in [0.29, 0.717) is 24.9 Å². The lowest BCUT2D eigenvalue weighted by atomic mass is 10.6. The molecule has 84 valence electrons. The van der Waals surface area contributed by atoms with Crippen molar-refractivity contribution in [1.82, 2.24) is 25.0 Å². The van der Waals surface area contributed by atoms with Crippen molar-refractivity contribution in [3.8, 4) is 5.88 Å². The number of ether oxygens (including phenoxy) is 1. The van der Waals surface area contributed by atoms with Crippen molar-refractivity contribution in [2.45, 2.75) is 6.54 Å². The lowest BCUT2D eigenvalue weighted by molar-refractivity contribution is 0.397. The first-order valence-electron chi connectivity index (χ1n) is 4.83. The minimum atomic E-state index is 0.540. The summed E-state index contributed by atoms with van der Waals surface area (Å²) in [6.45, 7) is 1.39. The highest BCUT2D eigenvalue weighted by molar-refractivity contribution is 5.26. The molecule has 0 atom stereocenters. The second-order valence-electron chi connectivity index (χ2n) is 3.02. The van der Waals surface area contributed by atoms with Gasteiger partial charge in [0.25, 0.3) is 0 Å². The van der Waals surface area contributed by atoms with Gasteiger partial charge in [-0.25, -0.2) is 4.98 Å². The largest absolute Gasteiger partial charge is 0.481 e.